The van der Waals surface area contributed by atoms with E-state index < -0.39 is 0 Å². The van der Waals surface area contributed by atoms with E-state index in [1.807, 2.05) is 24.3 Å². The first-order valence-electron chi connectivity index (χ1n) is 9.77. The summed E-state index contributed by atoms with van der Waals surface area (Å²) in [7, 11) is 1.55. The molecular formula is C21H22ClN7O2. The summed E-state index contributed by atoms with van der Waals surface area (Å²) < 4.78 is 5.29. The van der Waals surface area contributed by atoms with E-state index in [1.54, 1.807) is 42.6 Å². The fraction of sp³-hybridized carbons (Fsp3) is 0.238. The number of pyridine rings is 1. The molecule has 3 heterocycles. The van der Waals surface area contributed by atoms with Gasteiger partial charge in [0.25, 0.3) is 0 Å². The lowest BCUT2D eigenvalue weighted by atomic mass is 10.3. The molecule has 31 heavy (non-hydrogen) atoms. The standard InChI is InChI=1S/C21H22ClN7O2/c1-31-18-3-2-15(22)14-17(18)25-21(30)29-12-10-28(11-13-29)20-5-4-19(26-27-20)24-16-6-8-23-9-7-16/h2-9,14H,10-13H2,1H3,(H,25,30)(H,23,24,26). The highest BCUT2D eigenvalue weighted by Crippen LogP contribution is 2.28. The molecule has 2 N–H and O–H groups in total. The van der Waals surface area contributed by atoms with Crippen LogP contribution in [0.1, 0.15) is 0 Å². The normalized spacial score (nSPS) is 13.6. The largest absolute Gasteiger partial charge is 0.495 e. The molecule has 3 aromatic rings. The number of nitrogens with one attached hydrogen (secondary N) is 2. The minimum atomic E-state index is -0.191. The lowest BCUT2D eigenvalue weighted by molar-refractivity contribution is 0.208. The maximum Gasteiger partial charge on any atom is 0.322 e. The van der Waals surface area contributed by atoms with Crippen LogP contribution in [0.15, 0.2) is 54.9 Å². The van der Waals surface area contributed by atoms with Crippen LogP contribution in [0.5, 0.6) is 5.75 Å². The molecule has 160 valence electrons. The van der Waals surface area contributed by atoms with Crippen molar-refractivity contribution < 1.29 is 9.53 Å². The third-order valence-corrected chi connectivity index (χ3v) is 5.13. The molecule has 4 rings (SSSR count). The van der Waals surface area contributed by atoms with Gasteiger partial charge >= 0.3 is 6.03 Å². The zero-order valence-corrected chi connectivity index (χ0v) is 17.7. The molecule has 10 heteroatoms. The van der Waals surface area contributed by atoms with Crippen molar-refractivity contribution in [1.29, 1.82) is 0 Å². The number of anilines is 4. The second kappa shape index (κ2) is 9.48. The van der Waals surface area contributed by atoms with Crippen LogP contribution in [0.3, 0.4) is 0 Å². The summed E-state index contributed by atoms with van der Waals surface area (Å²) >= 11 is 6.04. The molecule has 0 aliphatic carbocycles. The Morgan fingerprint density at radius 2 is 1.81 bits per heavy atom. The fourth-order valence-corrected chi connectivity index (χ4v) is 3.43. The molecule has 0 bridgehead atoms. The predicted molar refractivity (Wildman–Crippen MR) is 120 cm³/mol. The molecule has 0 atom stereocenters. The number of hydrogen-bond donors (Lipinski definition) is 2. The molecule has 1 aliphatic rings. The van der Waals surface area contributed by atoms with Crippen molar-refractivity contribution in [3.8, 4) is 5.75 Å². The number of hydrogen-bond acceptors (Lipinski definition) is 7. The van der Waals surface area contributed by atoms with Crippen molar-refractivity contribution in [1.82, 2.24) is 20.1 Å². The predicted octanol–water partition coefficient (Wildman–Crippen LogP) is 3.63. The number of urea groups is 1. The Labute approximate surface area is 185 Å². The highest BCUT2D eigenvalue weighted by atomic mass is 35.5. The summed E-state index contributed by atoms with van der Waals surface area (Å²) in [6, 6.07) is 12.4. The average molecular weight is 440 g/mol. The Morgan fingerprint density at radius 1 is 1.03 bits per heavy atom. The summed E-state index contributed by atoms with van der Waals surface area (Å²) in [5, 5.41) is 15.1. The summed E-state index contributed by atoms with van der Waals surface area (Å²) in [6.07, 6.45) is 3.42. The van der Waals surface area contributed by atoms with E-state index >= 15 is 0 Å². The number of carbonyl (C=O) groups is 1. The first-order valence-corrected chi connectivity index (χ1v) is 10.2. The molecule has 1 aliphatic heterocycles. The van der Waals surface area contributed by atoms with Gasteiger partial charge in [-0.05, 0) is 42.5 Å². The van der Waals surface area contributed by atoms with Gasteiger partial charge in [-0.3, -0.25) is 4.98 Å². The van der Waals surface area contributed by atoms with E-state index in [0.29, 0.717) is 48.5 Å². The van der Waals surface area contributed by atoms with Crippen LogP contribution >= 0.6 is 11.6 Å². The van der Waals surface area contributed by atoms with E-state index in [0.717, 1.165) is 11.5 Å². The van der Waals surface area contributed by atoms with E-state index in [9.17, 15) is 4.79 Å². The Morgan fingerprint density at radius 3 is 2.48 bits per heavy atom. The van der Waals surface area contributed by atoms with Gasteiger partial charge in [0.1, 0.15) is 5.75 Å². The SMILES string of the molecule is COc1ccc(Cl)cc1NC(=O)N1CCN(c2ccc(Nc3ccncc3)nn2)CC1. The number of halogens is 1. The first-order chi connectivity index (χ1) is 15.1. The van der Waals surface area contributed by atoms with Gasteiger partial charge in [-0.15, -0.1) is 10.2 Å². The summed E-state index contributed by atoms with van der Waals surface area (Å²) in [4.78, 5) is 20.5. The van der Waals surface area contributed by atoms with Crippen LogP contribution in [0.4, 0.5) is 27.8 Å². The number of aromatic nitrogens is 3. The smallest absolute Gasteiger partial charge is 0.322 e. The lowest BCUT2D eigenvalue weighted by Gasteiger charge is -2.35. The van der Waals surface area contributed by atoms with Crippen molar-refractivity contribution in [2.45, 2.75) is 0 Å². The van der Waals surface area contributed by atoms with Gasteiger partial charge in [-0.2, -0.15) is 0 Å². The minimum absolute atomic E-state index is 0.191. The van der Waals surface area contributed by atoms with Crippen molar-refractivity contribution in [3.05, 3.63) is 59.9 Å². The average Bonchev–Trinajstić information content (AvgIpc) is 2.80. The van der Waals surface area contributed by atoms with Gasteiger partial charge in [-0.1, -0.05) is 11.6 Å². The maximum atomic E-state index is 12.7. The van der Waals surface area contributed by atoms with E-state index in [4.69, 9.17) is 16.3 Å². The number of ether oxygens (including phenoxy) is 1. The highest BCUT2D eigenvalue weighted by Gasteiger charge is 2.23. The van der Waals surface area contributed by atoms with Crippen molar-refractivity contribution in [2.75, 3.05) is 48.8 Å². The molecule has 1 saturated heterocycles. The molecular weight excluding hydrogens is 418 g/mol. The monoisotopic (exact) mass is 439 g/mol. The van der Waals surface area contributed by atoms with E-state index in [1.165, 1.54) is 0 Å². The maximum absolute atomic E-state index is 12.7. The van der Waals surface area contributed by atoms with Crippen LogP contribution < -0.4 is 20.3 Å². The van der Waals surface area contributed by atoms with Crippen LogP contribution in [-0.4, -0.2) is 59.4 Å². The summed E-state index contributed by atoms with van der Waals surface area (Å²) in [5.74, 6) is 1.99. The first kappa shape index (κ1) is 20.7. The van der Waals surface area contributed by atoms with E-state index in [2.05, 4.69) is 30.7 Å². The van der Waals surface area contributed by atoms with Crippen LogP contribution in [0, 0.1) is 0 Å². The third kappa shape index (κ3) is 5.13. The zero-order chi connectivity index (χ0) is 21.6. The molecule has 1 aromatic carbocycles. The van der Waals surface area contributed by atoms with Gasteiger partial charge in [0, 0.05) is 49.3 Å². The van der Waals surface area contributed by atoms with E-state index in [-0.39, 0.29) is 6.03 Å². The molecule has 2 aromatic heterocycles. The van der Waals surface area contributed by atoms with Gasteiger partial charge < -0.3 is 25.2 Å². The van der Waals surface area contributed by atoms with Crippen LogP contribution in [0.25, 0.3) is 0 Å². The number of nitrogens with zero attached hydrogens (tertiary/aromatic N) is 5. The van der Waals surface area contributed by atoms with Crippen molar-refractivity contribution >= 4 is 40.6 Å². The minimum Gasteiger partial charge on any atom is -0.495 e. The van der Waals surface area contributed by atoms with Crippen LogP contribution in [0.2, 0.25) is 5.02 Å². The van der Waals surface area contributed by atoms with Crippen LogP contribution in [-0.2, 0) is 0 Å². The van der Waals surface area contributed by atoms with Gasteiger partial charge in [0.05, 0.1) is 12.8 Å². The van der Waals surface area contributed by atoms with Gasteiger partial charge in [-0.25, -0.2) is 4.79 Å². The fourth-order valence-electron chi connectivity index (χ4n) is 3.25. The molecule has 2 amide bonds. The second-order valence-electron chi connectivity index (χ2n) is 6.89. The Hall–Kier alpha value is -3.59. The molecule has 0 radical (unpaired) electrons. The number of benzene rings is 1. The zero-order valence-electron chi connectivity index (χ0n) is 17.0. The number of amides is 2. The van der Waals surface area contributed by atoms with Gasteiger partial charge in [0.2, 0.25) is 0 Å². The quantitative estimate of drug-likeness (QED) is 0.626. The number of methoxy groups -OCH3 is 1. The molecule has 9 nitrogen and oxygen atoms in total. The number of carbonyl (C=O) groups excluding carboxylic acids is 1. The van der Waals surface area contributed by atoms with Crippen molar-refractivity contribution in [3.63, 3.8) is 0 Å². The highest BCUT2D eigenvalue weighted by molar-refractivity contribution is 6.31. The molecule has 0 spiro atoms. The number of rotatable bonds is 5. The number of piperazine rings is 1. The Bertz CT molecular complexity index is 1030. The molecule has 0 saturated carbocycles. The topological polar surface area (TPSA) is 95.5 Å². The Balaban J connectivity index is 1.32. The lowest BCUT2D eigenvalue weighted by Crippen LogP contribution is -2.50. The second-order valence-corrected chi connectivity index (χ2v) is 7.32. The van der Waals surface area contributed by atoms with Crippen molar-refractivity contribution in [2.24, 2.45) is 0 Å². The molecule has 0 unspecified atom stereocenters. The summed E-state index contributed by atoms with van der Waals surface area (Å²) in [5.41, 5.74) is 1.44. The third-order valence-electron chi connectivity index (χ3n) is 4.90. The van der Waals surface area contributed by atoms with Gasteiger partial charge in [0.15, 0.2) is 11.6 Å². The molecule has 1 fully saturated rings. The Kier molecular flexibility index (Phi) is 6.32. The summed E-state index contributed by atoms with van der Waals surface area (Å²) in [6.45, 7) is 2.44.